The molecule has 2 N–H and O–H groups in total. The third-order valence-electron chi connectivity index (χ3n) is 2.90. The van der Waals surface area contributed by atoms with Crippen molar-refractivity contribution >= 4 is 8.80 Å². The molecule has 0 heterocycles. The topological polar surface area (TPSA) is 49.7 Å². The molecule has 0 aromatic rings. The summed E-state index contributed by atoms with van der Waals surface area (Å²) in [5, 5.41) is 18.4. The van der Waals surface area contributed by atoms with Crippen molar-refractivity contribution in [1.29, 1.82) is 0 Å². The van der Waals surface area contributed by atoms with Gasteiger partial charge in [-0.25, -0.2) is 0 Å². The minimum atomic E-state index is -0.456. The lowest BCUT2D eigenvalue weighted by molar-refractivity contribution is -0.0296. The normalized spacial score (nSPS) is 12.4. The minimum Gasteiger partial charge on any atom is -0.396 e. The van der Waals surface area contributed by atoms with Crippen LogP contribution in [0.4, 0.5) is 0 Å². The van der Waals surface area contributed by atoms with Crippen molar-refractivity contribution in [2.75, 3.05) is 26.4 Å². The molecule has 0 saturated carbocycles. The average Bonchev–Trinajstić information content (AvgIpc) is 2.24. The molecule has 0 saturated heterocycles. The Hall–Kier alpha value is 0.0969. The zero-order valence-electron chi connectivity index (χ0n) is 10.3. The highest BCUT2D eigenvalue weighted by atomic mass is 28.3. The molecule has 0 aliphatic carbocycles. The molecule has 0 aliphatic rings. The van der Waals surface area contributed by atoms with Crippen LogP contribution in [0, 0.1) is 5.41 Å². The largest absolute Gasteiger partial charge is 0.396 e. The number of aliphatic hydroxyl groups is 2. The molecule has 4 heteroatoms. The van der Waals surface area contributed by atoms with Gasteiger partial charge in [0.15, 0.2) is 0 Å². The molecule has 0 bridgehead atoms. The van der Waals surface area contributed by atoms with Crippen LogP contribution in [0.3, 0.4) is 0 Å². The highest BCUT2D eigenvalue weighted by Gasteiger charge is 2.26. The second kappa shape index (κ2) is 8.27. The van der Waals surface area contributed by atoms with E-state index in [2.05, 4.69) is 13.1 Å². The first-order valence-corrected chi connectivity index (χ1v) is 9.02. The van der Waals surface area contributed by atoms with Crippen molar-refractivity contribution in [2.45, 2.75) is 38.9 Å². The quantitative estimate of drug-likeness (QED) is 0.466. The molecule has 0 aliphatic heterocycles. The molecule has 0 rings (SSSR count). The van der Waals surface area contributed by atoms with Crippen molar-refractivity contribution < 1.29 is 14.9 Å². The number of hydrogen-bond donors (Lipinski definition) is 2. The van der Waals surface area contributed by atoms with Crippen LogP contribution in [0.5, 0.6) is 0 Å². The molecule has 92 valence electrons. The first kappa shape index (κ1) is 15.1. The number of aliphatic hydroxyl groups excluding tert-OH is 2. The van der Waals surface area contributed by atoms with E-state index in [0.717, 1.165) is 19.4 Å². The van der Waals surface area contributed by atoms with E-state index in [-0.39, 0.29) is 13.2 Å². The van der Waals surface area contributed by atoms with E-state index in [4.69, 9.17) is 4.74 Å². The number of rotatable bonds is 9. The van der Waals surface area contributed by atoms with Crippen molar-refractivity contribution in [2.24, 2.45) is 5.41 Å². The van der Waals surface area contributed by atoms with Crippen molar-refractivity contribution in [3.05, 3.63) is 0 Å². The van der Waals surface area contributed by atoms with E-state index in [0.29, 0.717) is 6.61 Å². The van der Waals surface area contributed by atoms with Gasteiger partial charge in [-0.05, 0) is 12.8 Å². The first-order valence-electron chi connectivity index (χ1n) is 5.89. The molecule has 0 fully saturated rings. The van der Waals surface area contributed by atoms with Gasteiger partial charge in [-0.2, -0.15) is 0 Å². The highest BCUT2D eigenvalue weighted by Crippen LogP contribution is 2.20. The molecule has 0 spiro atoms. The fourth-order valence-corrected chi connectivity index (χ4v) is 2.33. The lowest BCUT2D eigenvalue weighted by atomic mass is 9.88. The van der Waals surface area contributed by atoms with Crippen LogP contribution in [0.25, 0.3) is 0 Å². The van der Waals surface area contributed by atoms with Crippen LogP contribution in [-0.4, -0.2) is 45.4 Å². The Balaban J connectivity index is 3.63. The standard InChI is InChI=1S/C11H26O3Si/c1-4-11(8-12,9-13)10-14-6-5-7-15(2)3/h12-13,15H,4-10H2,1-3H3. The summed E-state index contributed by atoms with van der Waals surface area (Å²) in [6.07, 6.45) is 1.86. The zero-order valence-corrected chi connectivity index (χ0v) is 11.5. The first-order chi connectivity index (χ1) is 7.10. The van der Waals surface area contributed by atoms with E-state index in [1.165, 1.54) is 6.04 Å². The van der Waals surface area contributed by atoms with Gasteiger partial charge in [-0.1, -0.05) is 26.1 Å². The van der Waals surface area contributed by atoms with Crippen LogP contribution in [0.15, 0.2) is 0 Å². The molecule has 15 heavy (non-hydrogen) atoms. The lowest BCUT2D eigenvalue weighted by Gasteiger charge is -2.27. The van der Waals surface area contributed by atoms with Gasteiger partial charge >= 0.3 is 0 Å². The summed E-state index contributed by atoms with van der Waals surface area (Å²) in [7, 11) is -0.456. The smallest absolute Gasteiger partial charge is 0.0566 e. The van der Waals surface area contributed by atoms with E-state index < -0.39 is 14.2 Å². The fourth-order valence-electron chi connectivity index (χ4n) is 1.35. The predicted octanol–water partition coefficient (Wildman–Crippen LogP) is 1.26. The molecule has 0 atom stereocenters. The molecule has 0 unspecified atom stereocenters. The van der Waals surface area contributed by atoms with Gasteiger partial charge in [0.25, 0.3) is 0 Å². The van der Waals surface area contributed by atoms with Crippen molar-refractivity contribution in [3.63, 3.8) is 0 Å². The molecule has 0 aromatic heterocycles. The van der Waals surface area contributed by atoms with E-state index in [1.807, 2.05) is 6.92 Å². The molecule has 0 radical (unpaired) electrons. The minimum absolute atomic E-state index is 0.00106. The van der Waals surface area contributed by atoms with Gasteiger partial charge in [-0.3, -0.25) is 0 Å². The van der Waals surface area contributed by atoms with E-state index in [1.54, 1.807) is 0 Å². The second-order valence-electron chi connectivity index (χ2n) is 4.76. The average molecular weight is 234 g/mol. The predicted molar refractivity (Wildman–Crippen MR) is 66.0 cm³/mol. The summed E-state index contributed by atoms with van der Waals surface area (Å²) < 4.78 is 5.52. The Bertz CT molecular complexity index is 139. The fraction of sp³-hybridized carbons (Fsp3) is 1.00. The maximum Gasteiger partial charge on any atom is 0.0566 e. The summed E-state index contributed by atoms with van der Waals surface area (Å²) in [6, 6.07) is 1.30. The van der Waals surface area contributed by atoms with Gasteiger partial charge in [-0.15, -0.1) is 0 Å². The Morgan fingerprint density at radius 1 is 1.20 bits per heavy atom. The Morgan fingerprint density at radius 2 is 1.80 bits per heavy atom. The van der Waals surface area contributed by atoms with Crippen molar-refractivity contribution in [3.8, 4) is 0 Å². The summed E-state index contributed by atoms with van der Waals surface area (Å²) in [5.74, 6) is 0. The van der Waals surface area contributed by atoms with Gasteiger partial charge in [0.05, 0.1) is 19.8 Å². The monoisotopic (exact) mass is 234 g/mol. The molecule has 0 amide bonds. The maximum atomic E-state index is 9.19. The third-order valence-corrected chi connectivity index (χ3v) is 4.46. The van der Waals surface area contributed by atoms with E-state index >= 15 is 0 Å². The summed E-state index contributed by atoms with van der Waals surface area (Å²) >= 11 is 0. The van der Waals surface area contributed by atoms with Crippen LogP contribution < -0.4 is 0 Å². The van der Waals surface area contributed by atoms with Crippen molar-refractivity contribution in [1.82, 2.24) is 0 Å². The molecule has 0 aromatic carbocycles. The van der Waals surface area contributed by atoms with Gasteiger partial charge in [0.2, 0.25) is 0 Å². The second-order valence-corrected chi connectivity index (χ2v) is 8.12. The number of hydrogen-bond acceptors (Lipinski definition) is 3. The van der Waals surface area contributed by atoms with Crippen LogP contribution in [0.1, 0.15) is 19.8 Å². The molecular weight excluding hydrogens is 208 g/mol. The van der Waals surface area contributed by atoms with Crippen LogP contribution >= 0.6 is 0 Å². The lowest BCUT2D eigenvalue weighted by Crippen LogP contribution is -2.34. The summed E-state index contributed by atoms with van der Waals surface area (Å²) in [6.45, 7) is 7.85. The molecular formula is C11H26O3Si. The SMILES string of the molecule is CCC(CO)(CO)COCCC[SiH](C)C. The Morgan fingerprint density at radius 3 is 2.20 bits per heavy atom. The van der Waals surface area contributed by atoms with Gasteiger partial charge < -0.3 is 14.9 Å². The number of ether oxygens (including phenoxy) is 1. The van der Waals surface area contributed by atoms with Crippen LogP contribution in [-0.2, 0) is 4.74 Å². The van der Waals surface area contributed by atoms with Crippen LogP contribution in [0.2, 0.25) is 19.1 Å². The summed E-state index contributed by atoms with van der Waals surface area (Å²) in [4.78, 5) is 0. The van der Waals surface area contributed by atoms with Gasteiger partial charge in [0, 0.05) is 20.8 Å². The zero-order chi connectivity index (χ0) is 11.7. The third kappa shape index (κ3) is 6.30. The summed E-state index contributed by atoms with van der Waals surface area (Å²) in [5.41, 5.74) is -0.435. The van der Waals surface area contributed by atoms with E-state index in [9.17, 15) is 10.2 Å². The highest BCUT2D eigenvalue weighted by molar-refractivity contribution is 6.55. The Kier molecular flexibility index (Phi) is 8.33. The molecule has 3 nitrogen and oxygen atoms in total. The Labute approximate surface area is 95.1 Å². The van der Waals surface area contributed by atoms with Gasteiger partial charge in [0.1, 0.15) is 0 Å². The maximum absolute atomic E-state index is 9.19.